The maximum atomic E-state index is 11.4. The second-order valence-electron chi connectivity index (χ2n) is 6.02. The van der Waals surface area contributed by atoms with E-state index in [1.54, 1.807) is 0 Å². The number of halogens is 1. The first kappa shape index (κ1) is 21.7. The molecular weight excluding hydrogens is 433 g/mol. The highest BCUT2D eigenvalue weighted by atomic mass is 127. The summed E-state index contributed by atoms with van der Waals surface area (Å²) in [6.07, 6.45) is 6.30. The van der Waals surface area contributed by atoms with E-state index >= 15 is 0 Å². The van der Waals surface area contributed by atoms with Gasteiger partial charge in [-0.25, -0.2) is 0 Å². The molecular formula is C17H30IN5O2. The Kier molecular flexibility index (Phi) is 9.84. The number of ether oxygens (including phenoxy) is 1. The van der Waals surface area contributed by atoms with Crippen LogP contribution in [-0.2, 0) is 16.6 Å². The van der Waals surface area contributed by atoms with E-state index in [1.165, 1.54) is 5.56 Å². The minimum atomic E-state index is -0.143. The number of aryl methyl sites for hydroxylation is 1. The van der Waals surface area contributed by atoms with Crippen LogP contribution in [0.1, 0.15) is 44.6 Å². The lowest BCUT2D eigenvalue weighted by atomic mass is 10.0. The number of aromatic nitrogens is 2. The summed E-state index contributed by atoms with van der Waals surface area (Å²) >= 11 is 0. The van der Waals surface area contributed by atoms with Crippen LogP contribution in [0.25, 0.3) is 0 Å². The van der Waals surface area contributed by atoms with Crippen molar-refractivity contribution in [2.75, 3.05) is 32.8 Å². The minimum absolute atomic E-state index is 0. The van der Waals surface area contributed by atoms with Crippen molar-refractivity contribution >= 4 is 35.9 Å². The standard InChI is InChI=1S/C17H29N5O2.HI/c1-4-18-17(19-9-6-7-16(23)24-5-2)22-10-8-14(13-22)15-11-20-21(3)12-15;/h11-12,14H,4-10,13H2,1-3H3,(H,18,19);1H. The van der Waals surface area contributed by atoms with Gasteiger partial charge in [-0.05, 0) is 32.3 Å². The Labute approximate surface area is 167 Å². The molecule has 1 N–H and O–H groups in total. The molecule has 0 aromatic carbocycles. The van der Waals surface area contributed by atoms with Crippen LogP contribution in [0.4, 0.5) is 0 Å². The van der Waals surface area contributed by atoms with Crippen LogP contribution in [0.3, 0.4) is 0 Å². The molecule has 25 heavy (non-hydrogen) atoms. The molecule has 2 rings (SSSR count). The predicted molar refractivity (Wildman–Crippen MR) is 109 cm³/mol. The monoisotopic (exact) mass is 463 g/mol. The molecule has 2 heterocycles. The summed E-state index contributed by atoms with van der Waals surface area (Å²) in [5, 5.41) is 7.62. The molecule has 0 bridgehead atoms. The zero-order valence-corrected chi connectivity index (χ0v) is 17.7. The molecule has 1 unspecified atom stereocenters. The maximum Gasteiger partial charge on any atom is 0.305 e. The summed E-state index contributed by atoms with van der Waals surface area (Å²) in [5.41, 5.74) is 1.29. The number of rotatable bonds is 7. The first-order chi connectivity index (χ1) is 11.6. The Hall–Kier alpha value is -1.32. The number of esters is 1. The third-order valence-corrected chi connectivity index (χ3v) is 4.12. The van der Waals surface area contributed by atoms with E-state index in [1.807, 2.05) is 24.9 Å². The fourth-order valence-corrected chi connectivity index (χ4v) is 2.94. The Morgan fingerprint density at radius 1 is 1.48 bits per heavy atom. The van der Waals surface area contributed by atoms with Crippen molar-refractivity contribution < 1.29 is 9.53 Å². The number of guanidine groups is 1. The van der Waals surface area contributed by atoms with E-state index in [-0.39, 0.29) is 29.9 Å². The number of hydrogen-bond donors (Lipinski definition) is 1. The molecule has 0 radical (unpaired) electrons. The Morgan fingerprint density at radius 2 is 2.28 bits per heavy atom. The average Bonchev–Trinajstić information content (AvgIpc) is 3.19. The quantitative estimate of drug-likeness (QED) is 0.221. The predicted octanol–water partition coefficient (Wildman–Crippen LogP) is 2.14. The topological polar surface area (TPSA) is 71.8 Å². The number of aliphatic imine (C=N–C) groups is 1. The van der Waals surface area contributed by atoms with Crippen LogP contribution < -0.4 is 5.32 Å². The highest BCUT2D eigenvalue weighted by Crippen LogP contribution is 2.26. The van der Waals surface area contributed by atoms with Gasteiger partial charge >= 0.3 is 5.97 Å². The summed E-state index contributed by atoms with van der Waals surface area (Å²) in [5.74, 6) is 1.30. The molecule has 0 amide bonds. The number of carbonyl (C=O) groups excluding carboxylic acids is 1. The number of likely N-dealkylation sites (tertiary alicyclic amines) is 1. The molecule has 1 aromatic heterocycles. The fourth-order valence-electron chi connectivity index (χ4n) is 2.94. The molecule has 1 fully saturated rings. The number of carbonyl (C=O) groups is 1. The van der Waals surface area contributed by atoms with Crippen LogP contribution in [0.5, 0.6) is 0 Å². The van der Waals surface area contributed by atoms with Crippen molar-refractivity contribution in [2.45, 2.75) is 39.0 Å². The van der Waals surface area contributed by atoms with Crippen LogP contribution in [0, 0.1) is 0 Å². The van der Waals surface area contributed by atoms with Gasteiger partial charge in [-0.15, -0.1) is 24.0 Å². The zero-order chi connectivity index (χ0) is 17.4. The zero-order valence-electron chi connectivity index (χ0n) is 15.4. The Balaban J connectivity index is 0.00000312. The molecule has 7 nitrogen and oxygen atoms in total. The maximum absolute atomic E-state index is 11.4. The molecule has 1 aromatic rings. The van der Waals surface area contributed by atoms with Crippen molar-refractivity contribution in [1.82, 2.24) is 20.0 Å². The molecule has 1 aliphatic rings. The highest BCUT2D eigenvalue weighted by Gasteiger charge is 2.26. The molecule has 1 saturated heterocycles. The van der Waals surface area contributed by atoms with Crippen LogP contribution in [-0.4, -0.2) is 59.4 Å². The lowest BCUT2D eigenvalue weighted by molar-refractivity contribution is -0.143. The molecule has 1 atom stereocenters. The van der Waals surface area contributed by atoms with E-state index in [0.29, 0.717) is 31.9 Å². The van der Waals surface area contributed by atoms with Crippen molar-refractivity contribution in [3.8, 4) is 0 Å². The smallest absolute Gasteiger partial charge is 0.305 e. The van der Waals surface area contributed by atoms with Crippen LogP contribution >= 0.6 is 24.0 Å². The average molecular weight is 463 g/mol. The van der Waals surface area contributed by atoms with E-state index in [0.717, 1.165) is 32.0 Å². The summed E-state index contributed by atoms with van der Waals surface area (Å²) in [4.78, 5) is 18.3. The van der Waals surface area contributed by atoms with Crippen LogP contribution in [0.2, 0.25) is 0 Å². The molecule has 0 aliphatic carbocycles. The molecule has 0 spiro atoms. The second-order valence-corrected chi connectivity index (χ2v) is 6.02. The van der Waals surface area contributed by atoms with Crippen molar-refractivity contribution in [1.29, 1.82) is 0 Å². The molecule has 8 heteroatoms. The Morgan fingerprint density at radius 3 is 2.92 bits per heavy atom. The van der Waals surface area contributed by atoms with E-state index < -0.39 is 0 Å². The fraction of sp³-hybridized carbons (Fsp3) is 0.706. The van der Waals surface area contributed by atoms with Gasteiger partial charge in [0, 0.05) is 51.8 Å². The number of hydrogen-bond acceptors (Lipinski definition) is 4. The molecule has 1 aliphatic heterocycles. The van der Waals surface area contributed by atoms with Gasteiger partial charge in [0.1, 0.15) is 0 Å². The first-order valence-corrected chi connectivity index (χ1v) is 8.81. The largest absolute Gasteiger partial charge is 0.466 e. The van der Waals surface area contributed by atoms with Gasteiger partial charge in [-0.2, -0.15) is 5.10 Å². The van der Waals surface area contributed by atoms with E-state index in [9.17, 15) is 4.79 Å². The third kappa shape index (κ3) is 6.83. The van der Waals surface area contributed by atoms with Crippen molar-refractivity contribution in [2.24, 2.45) is 12.0 Å². The minimum Gasteiger partial charge on any atom is -0.466 e. The Bertz CT molecular complexity index is 561. The van der Waals surface area contributed by atoms with Gasteiger partial charge in [0.05, 0.1) is 12.8 Å². The number of nitrogens with zero attached hydrogens (tertiary/aromatic N) is 4. The van der Waals surface area contributed by atoms with Crippen molar-refractivity contribution in [3.63, 3.8) is 0 Å². The first-order valence-electron chi connectivity index (χ1n) is 8.81. The van der Waals surface area contributed by atoms with Gasteiger partial charge in [0.25, 0.3) is 0 Å². The van der Waals surface area contributed by atoms with Gasteiger partial charge in [0.15, 0.2) is 5.96 Å². The second kappa shape index (κ2) is 11.3. The van der Waals surface area contributed by atoms with Gasteiger partial charge in [-0.1, -0.05) is 0 Å². The summed E-state index contributed by atoms with van der Waals surface area (Å²) in [7, 11) is 1.95. The summed E-state index contributed by atoms with van der Waals surface area (Å²) in [6.45, 7) is 7.75. The normalized spacial score (nSPS) is 17.3. The lowest BCUT2D eigenvalue weighted by Crippen LogP contribution is -2.40. The van der Waals surface area contributed by atoms with E-state index in [2.05, 4.69) is 33.4 Å². The highest BCUT2D eigenvalue weighted by molar-refractivity contribution is 14.0. The molecule has 142 valence electrons. The molecule has 0 saturated carbocycles. The number of nitrogens with one attached hydrogen (secondary N) is 1. The van der Waals surface area contributed by atoms with Gasteiger partial charge in [0.2, 0.25) is 0 Å². The van der Waals surface area contributed by atoms with Gasteiger partial charge < -0.3 is 15.0 Å². The van der Waals surface area contributed by atoms with E-state index in [4.69, 9.17) is 4.74 Å². The van der Waals surface area contributed by atoms with Crippen molar-refractivity contribution in [3.05, 3.63) is 18.0 Å². The third-order valence-electron chi connectivity index (χ3n) is 4.12. The van der Waals surface area contributed by atoms with Gasteiger partial charge in [-0.3, -0.25) is 14.5 Å². The lowest BCUT2D eigenvalue weighted by Gasteiger charge is -2.21. The summed E-state index contributed by atoms with van der Waals surface area (Å²) in [6, 6.07) is 0. The SMILES string of the molecule is CCNC(=NCCCC(=O)OCC)N1CCC(c2cnn(C)c2)C1.I. The summed E-state index contributed by atoms with van der Waals surface area (Å²) < 4.78 is 6.79. The van der Waals surface area contributed by atoms with Crippen LogP contribution in [0.15, 0.2) is 17.4 Å².